The van der Waals surface area contributed by atoms with Gasteiger partial charge < -0.3 is 10.3 Å². The van der Waals surface area contributed by atoms with Crippen LogP contribution in [0.2, 0.25) is 10.0 Å². The van der Waals surface area contributed by atoms with Crippen LogP contribution in [-0.2, 0) is 11.2 Å². The normalized spacial score (nSPS) is 12.1. The van der Waals surface area contributed by atoms with E-state index in [0.717, 1.165) is 22.0 Å². The number of fused-ring (bicyclic) bond motifs is 1. The number of halogens is 2. The largest absolute Gasteiger partial charge is 0.361 e. The molecule has 1 unspecified atom stereocenters. The fraction of sp³-hybridized carbons (Fsp3) is 0.0800. The second kappa shape index (κ2) is 10.3. The van der Waals surface area contributed by atoms with E-state index in [9.17, 15) is 9.59 Å². The predicted molar refractivity (Wildman–Crippen MR) is 132 cm³/mol. The lowest BCUT2D eigenvalue weighted by molar-refractivity contribution is -0.122. The molecule has 1 heterocycles. The molecule has 1 aromatic heterocycles. The molecule has 3 N–H and O–H groups in total. The Morgan fingerprint density at radius 1 is 0.939 bits per heavy atom. The molecule has 6 nitrogen and oxygen atoms in total. The molecule has 1 atom stereocenters. The number of aromatic nitrogens is 1. The Bertz CT molecular complexity index is 1300. The maximum absolute atomic E-state index is 13.0. The first kappa shape index (κ1) is 22.6. The molecule has 33 heavy (non-hydrogen) atoms. The number of hydrazone groups is 1. The van der Waals surface area contributed by atoms with Crippen molar-refractivity contribution < 1.29 is 9.59 Å². The monoisotopic (exact) mass is 478 g/mol. The lowest BCUT2D eigenvalue weighted by Gasteiger charge is -2.17. The Balaban J connectivity index is 1.53. The van der Waals surface area contributed by atoms with Crippen LogP contribution in [0.15, 0.2) is 84.1 Å². The summed E-state index contributed by atoms with van der Waals surface area (Å²) in [5, 5.41) is 8.97. The fourth-order valence-corrected chi connectivity index (χ4v) is 3.62. The van der Waals surface area contributed by atoms with E-state index < -0.39 is 11.9 Å². The van der Waals surface area contributed by atoms with Gasteiger partial charge in [0.1, 0.15) is 6.04 Å². The zero-order chi connectivity index (χ0) is 23.2. The van der Waals surface area contributed by atoms with Gasteiger partial charge in [0, 0.05) is 39.1 Å². The average molecular weight is 479 g/mol. The van der Waals surface area contributed by atoms with Crippen molar-refractivity contribution in [2.75, 3.05) is 0 Å². The Morgan fingerprint density at radius 2 is 1.61 bits per heavy atom. The summed E-state index contributed by atoms with van der Waals surface area (Å²) < 4.78 is 0. The maximum Gasteiger partial charge on any atom is 0.262 e. The van der Waals surface area contributed by atoms with Crippen LogP contribution in [0, 0.1) is 0 Å². The van der Waals surface area contributed by atoms with E-state index in [1.54, 1.807) is 48.5 Å². The number of carbonyl (C=O) groups excluding carboxylic acids is 2. The number of aromatic amines is 1. The number of para-hydroxylation sites is 1. The predicted octanol–water partition coefficient (Wildman–Crippen LogP) is 4.97. The highest BCUT2D eigenvalue weighted by Gasteiger charge is 2.23. The van der Waals surface area contributed by atoms with Crippen molar-refractivity contribution in [1.29, 1.82) is 0 Å². The Morgan fingerprint density at radius 3 is 2.33 bits per heavy atom. The molecule has 4 rings (SSSR count). The SMILES string of the molecule is O=C(NC(Cc1c[nH]c2ccccc12)C(=O)N/N=C/c1ccc(Cl)cc1)c1ccc(Cl)cc1. The average Bonchev–Trinajstić information content (AvgIpc) is 3.23. The van der Waals surface area contributed by atoms with Crippen molar-refractivity contribution in [2.24, 2.45) is 5.10 Å². The minimum atomic E-state index is -0.852. The topological polar surface area (TPSA) is 86.3 Å². The van der Waals surface area contributed by atoms with Crippen molar-refractivity contribution in [3.63, 3.8) is 0 Å². The van der Waals surface area contributed by atoms with Crippen molar-refractivity contribution in [3.05, 3.63) is 106 Å². The van der Waals surface area contributed by atoms with Crippen molar-refractivity contribution in [2.45, 2.75) is 12.5 Å². The quantitative estimate of drug-likeness (QED) is 0.258. The summed E-state index contributed by atoms with van der Waals surface area (Å²) in [5.41, 5.74) is 5.56. The van der Waals surface area contributed by atoms with Crippen LogP contribution < -0.4 is 10.7 Å². The van der Waals surface area contributed by atoms with Gasteiger partial charge in [-0.1, -0.05) is 53.5 Å². The highest BCUT2D eigenvalue weighted by atomic mass is 35.5. The summed E-state index contributed by atoms with van der Waals surface area (Å²) in [6.07, 6.45) is 3.64. The van der Waals surface area contributed by atoms with Gasteiger partial charge in [0.05, 0.1) is 6.21 Å². The van der Waals surface area contributed by atoms with Gasteiger partial charge >= 0.3 is 0 Å². The fourth-order valence-electron chi connectivity index (χ4n) is 3.37. The van der Waals surface area contributed by atoms with Crippen LogP contribution in [0.1, 0.15) is 21.5 Å². The minimum Gasteiger partial charge on any atom is -0.361 e. The number of hydrogen-bond acceptors (Lipinski definition) is 3. The number of nitrogens with zero attached hydrogens (tertiary/aromatic N) is 1. The molecule has 0 aliphatic rings. The van der Waals surface area contributed by atoms with E-state index in [4.69, 9.17) is 23.2 Å². The van der Waals surface area contributed by atoms with Crippen molar-refractivity contribution in [3.8, 4) is 0 Å². The van der Waals surface area contributed by atoms with E-state index in [-0.39, 0.29) is 12.3 Å². The summed E-state index contributed by atoms with van der Waals surface area (Å²) in [4.78, 5) is 29.0. The Kier molecular flexibility index (Phi) is 7.07. The molecule has 2 amide bonds. The molecule has 4 aromatic rings. The number of nitrogens with one attached hydrogen (secondary N) is 3. The molecular formula is C25H20Cl2N4O2. The molecule has 0 aliphatic heterocycles. The van der Waals surface area contributed by atoms with Crippen LogP contribution in [0.25, 0.3) is 10.9 Å². The van der Waals surface area contributed by atoms with Gasteiger partial charge in [0.2, 0.25) is 0 Å². The standard InChI is InChI=1S/C25H20Cl2N4O2/c26-19-9-5-16(6-10-19)14-29-31-25(33)23(30-24(32)17-7-11-20(27)12-8-17)13-18-15-28-22-4-2-1-3-21(18)22/h1-12,14-15,23,28H,13H2,(H,30,32)(H,31,33)/b29-14+. The number of carbonyl (C=O) groups is 2. The van der Waals surface area contributed by atoms with Gasteiger partial charge in [0.15, 0.2) is 0 Å². The highest BCUT2D eigenvalue weighted by molar-refractivity contribution is 6.31. The summed E-state index contributed by atoms with van der Waals surface area (Å²) in [7, 11) is 0. The first-order valence-corrected chi connectivity index (χ1v) is 10.9. The van der Waals surface area contributed by atoms with E-state index >= 15 is 0 Å². The third-order valence-electron chi connectivity index (χ3n) is 5.09. The number of benzene rings is 3. The molecule has 0 saturated carbocycles. The van der Waals surface area contributed by atoms with E-state index in [0.29, 0.717) is 15.6 Å². The number of amides is 2. The van der Waals surface area contributed by atoms with Gasteiger partial charge in [-0.3, -0.25) is 9.59 Å². The lowest BCUT2D eigenvalue weighted by Crippen LogP contribution is -2.46. The van der Waals surface area contributed by atoms with E-state index in [1.807, 2.05) is 30.5 Å². The molecule has 3 aromatic carbocycles. The third-order valence-corrected chi connectivity index (χ3v) is 5.59. The van der Waals surface area contributed by atoms with Crippen LogP contribution in [0.5, 0.6) is 0 Å². The molecule has 0 bridgehead atoms. The molecule has 166 valence electrons. The maximum atomic E-state index is 13.0. The van der Waals surface area contributed by atoms with Crippen molar-refractivity contribution >= 4 is 52.1 Å². The zero-order valence-electron chi connectivity index (χ0n) is 17.4. The summed E-state index contributed by atoms with van der Waals surface area (Å²) in [5.74, 6) is -0.818. The smallest absolute Gasteiger partial charge is 0.262 e. The molecule has 0 radical (unpaired) electrons. The van der Waals surface area contributed by atoms with Crippen LogP contribution in [0.3, 0.4) is 0 Å². The van der Waals surface area contributed by atoms with Gasteiger partial charge in [-0.15, -0.1) is 0 Å². The second-order valence-electron chi connectivity index (χ2n) is 7.38. The summed E-state index contributed by atoms with van der Waals surface area (Å²) >= 11 is 11.8. The van der Waals surface area contributed by atoms with Crippen LogP contribution in [-0.4, -0.2) is 29.1 Å². The Labute approximate surface area is 200 Å². The summed E-state index contributed by atoms with van der Waals surface area (Å²) in [6, 6.07) is 20.4. The molecule has 0 spiro atoms. The minimum absolute atomic E-state index is 0.283. The highest BCUT2D eigenvalue weighted by Crippen LogP contribution is 2.19. The lowest BCUT2D eigenvalue weighted by atomic mass is 10.0. The van der Waals surface area contributed by atoms with Crippen LogP contribution >= 0.6 is 23.2 Å². The zero-order valence-corrected chi connectivity index (χ0v) is 18.9. The van der Waals surface area contributed by atoms with Gasteiger partial charge in [-0.05, 0) is 53.6 Å². The first-order chi connectivity index (χ1) is 16.0. The molecule has 0 saturated heterocycles. The van der Waals surface area contributed by atoms with Gasteiger partial charge in [0.25, 0.3) is 11.8 Å². The summed E-state index contributed by atoms with van der Waals surface area (Å²) in [6.45, 7) is 0. The van der Waals surface area contributed by atoms with Gasteiger partial charge in [-0.25, -0.2) is 5.43 Å². The number of hydrogen-bond donors (Lipinski definition) is 3. The van der Waals surface area contributed by atoms with Crippen molar-refractivity contribution in [1.82, 2.24) is 15.7 Å². The molecule has 0 aliphatic carbocycles. The molecular weight excluding hydrogens is 459 g/mol. The van der Waals surface area contributed by atoms with E-state index in [2.05, 4.69) is 20.8 Å². The molecule has 8 heteroatoms. The molecule has 0 fully saturated rings. The third kappa shape index (κ3) is 5.80. The number of rotatable bonds is 7. The van der Waals surface area contributed by atoms with Crippen LogP contribution in [0.4, 0.5) is 0 Å². The van der Waals surface area contributed by atoms with E-state index in [1.165, 1.54) is 6.21 Å². The first-order valence-electron chi connectivity index (χ1n) is 10.2. The second-order valence-corrected chi connectivity index (χ2v) is 8.26. The van der Waals surface area contributed by atoms with Gasteiger partial charge in [-0.2, -0.15) is 5.10 Å². The number of H-pyrrole nitrogens is 1. The Hall–Kier alpha value is -3.61.